The summed E-state index contributed by atoms with van der Waals surface area (Å²) in [6.07, 6.45) is 0.491. The summed E-state index contributed by atoms with van der Waals surface area (Å²) in [6.45, 7) is 11.6. The van der Waals surface area contributed by atoms with E-state index in [1.807, 2.05) is 34.6 Å². The monoisotopic (exact) mass is 302 g/mol. The summed E-state index contributed by atoms with van der Waals surface area (Å²) in [7, 11) is 0. The smallest absolute Gasteiger partial charge is 0.336 e. The van der Waals surface area contributed by atoms with Crippen LogP contribution in [0.15, 0.2) is 0 Å². The SMILES string of the molecule is CC(C)CC(C)OC(CC(=O)O)(C(=O)O)C(C)CC(C)C. The highest BCUT2D eigenvalue weighted by atomic mass is 16.5. The van der Waals surface area contributed by atoms with Gasteiger partial charge in [-0.25, -0.2) is 4.79 Å². The Morgan fingerprint density at radius 2 is 1.43 bits per heavy atom. The van der Waals surface area contributed by atoms with Gasteiger partial charge in [0.2, 0.25) is 0 Å². The Kier molecular flexibility index (Phi) is 7.93. The predicted molar refractivity (Wildman–Crippen MR) is 81.2 cm³/mol. The van der Waals surface area contributed by atoms with Crippen molar-refractivity contribution in [3.8, 4) is 0 Å². The Bertz CT molecular complexity index is 351. The summed E-state index contributed by atoms with van der Waals surface area (Å²) in [5.74, 6) is -2.08. The number of carbonyl (C=O) groups is 2. The first-order chi connectivity index (χ1) is 9.51. The topological polar surface area (TPSA) is 83.8 Å². The highest BCUT2D eigenvalue weighted by Crippen LogP contribution is 2.34. The maximum atomic E-state index is 11.8. The van der Waals surface area contributed by atoms with Crippen molar-refractivity contribution in [1.29, 1.82) is 0 Å². The van der Waals surface area contributed by atoms with E-state index in [9.17, 15) is 14.7 Å². The van der Waals surface area contributed by atoms with Gasteiger partial charge in [0.25, 0.3) is 0 Å². The zero-order chi connectivity index (χ0) is 16.8. The third-order valence-electron chi connectivity index (χ3n) is 3.61. The molecule has 3 atom stereocenters. The first-order valence-corrected chi connectivity index (χ1v) is 7.64. The van der Waals surface area contributed by atoms with E-state index >= 15 is 0 Å². The maximum absolute atomic E-state index is 11.8. The third-order valence-corrected chi connectivity index (χ3v) is 3.61. The Hall–Kier alpha value is -1.10. The zero-order valence-corrected chi connectivity index (χ0v) is 14.0. The number of hydrogen-bond acceptors (Lipinski definition) is 3. The molecule has 0 bridgehead atoms. The molecule has 0 saturated carbocycles. The molecule has 0 aliphatic carbocycles. The third kappa shape index (κ3) is 6.46. The lowest BCUT2D eigenvalue weighted by Crippen LogP contribution is -2.51. The number of hydrogen-bond donors (Lipinski definition) is 2. The van der Waals surface area contributed by atoms with Crippen LogP contribution in [-0.2, 0) is 14.3 Å². The van der Waals surface area contributed by atoms with E-state index in [1.165, 1.54) is 0 Å². The lowest BCUT2D eigenvalue weighted by atomic mass is 9.80. The molecule has 5 nitrogen and oxygen atoms in total. The van der Waals surface area contributed by atoms with Gasteiger partial charge in [0.15, 0.2) is 5.60 Å². The van der Waals surface area contributed by atoms with Crippen molar-refractivity contribution in [2.24, 2.45) is 17.8 Å². The average Bonchev–Trinajstić information content (AvgIpc) is 2.24. The second kappa shape index (κ2) is 8.37. The molecule has 0 aliphatic heterocycles. The van der Waals surface area contributed by atoms with E-state index in [0.29, 0.717) is 18.8 Å². The standard InChI is InChI=1S/C16H30O5/c1-10(2)7-12(5)16(15(19)20,9-14(17)18)21-13(6)8-11(3)4/h10-13H,7-9H2,1-6H3,(H,17,18)(H,19,20). The summed E-state index contributed by atoms with van der Waals surface area (Å²) in [4.78, 5) is 23.0. The van der Waals surface area contributed by atoms with Crippen LogP contribution in [0.2, 0.25) is 0 Å². The quantitative estimate of drug-likeness (QED) is 0.646. The van der Waals surface area contributed by atoms with Gasteiger partial charge in [0.05, 0.1) is 12.5 Å². The number of aliphatic carboxylic acids is 2. The van der Waals surface area contributed by atoms with Gasteiger partial charge in [0, 0.05) is 0 Å². The van der Waals surface area contributed by atoms with Crippen LogP contribution in [-0.4, -0.2) is 33.9 Å². The highest BCUT2D eigenvalue weighted by molar-refractivity contribution is 5.84. The van der Waals surface area contributed by atoms with Gasteiger partial charge in [-0.2, -0.15) is 0 Å². The number of carboxylic acid groups (broad SMARTS) is 2. The Morgan fingerprint density at radius 3 is 1.76 bits per heavy atom. The van der Waals surface area contributed by atoms with Gasteiger partial charge < -0.3 is 14.9 Å². The van der Waals surface area contributed by atoms with Gasteiger partial charge in [-0.1, -0.05) is 34.6 Å². The van der Waals surface area contributed by atoms with Crippen molar-refractivity contribution in [1.82, 2.24) is 0 Å². The maximum Gasteiger partial charge on any atom is 0.336 e. The first-order valence-electron chi connectivity index (χ1n) is 7.64. The molecule has 0 heterocycles. The molecule has 0 spiro atoms. The fraction of sp³-hybridized carbons (Fsp3) is 0.875. The fourth-order valence-electron chi connectivity index (χ4n) is 2.86. The van der Waals surface area contributed by atoms with Crippen molar-refractivity contribution in [3.05, 3.63) is 0 Å². The highest BCUT2D eigenvalue weighted by Gasteiger charge is 2.48. The molecule has 0 aliphatic rings. The van der Waals surface area contributed by atoms with Crippen LogP contribution >= 0.6 is 0 Å². The second-order valence-corrected chi connectivity index (χ2v) is 6.85. The molecule has 0 radical (unpaired) electrons. The second-order valence-electron chi connectivity index (χ2n) is 6.85. The van der Waals surface area contributed by atoms with E-state index in [-0.39, 0.29) is 17.9 Å². The van der Waals surface area contributed by atoms with E-state index in [0.717, 1.165) is 0 Å². The van der Waals surface area contributed by atoms with Crippen LogP contribution in [0.3, 0.4) is 0 Å². The number of ether oxygens (including phenoxy) is 1. The predicted octanol–water partition coefficient (Wildman–Crippen LogP) is 3.42. The van der Waals surface area contributed by atoms with Gasteiger partial charge in [-0.3, -0.25) is 4.79 Å². The zero-order valence-electron chi connectivity index (χ0n) is 14.0. The summed E-state index contributed by atoms with van der Waals surface area (Å²) >= 11 is 0. The molecule has 21 heavy (non-hydrogen) atoms. The minimum absolute atomic E-state index is 0.275. The van der Waals surface area contributed by atoms with Crippen LogP contribution in [0.4, 0.5) is 0 Å². The average molecular weight is 302 g/mol. The molecule has 0 aromatic heterocycles. The molecule has 124 valence electrons. The summed E-state index contributed by atoms with van der Waals surface area (Å²) in [5.41, 5.74) is -1.66. The molecule has 5 heteroatoms. The Labute approximate surface area is 127 Å². The van der Waals surface area contributed by atoms with Crippen molar-refractivity contribution in [3.63, 3.8) is 0 Å². The lowest BCUT2D eigenvalue weighted by molar-refractivity contribution is -0.191. The first kappa shape index (κ1) is 19.9. The Balaban J connectivity index is 5.37. The lowest BCUT2D eigenvalue weighted by Gasteiger charge is -2.37. The minimum Gasteiger partial charge on any atom is -0.481 e. The van der Waals surface area contributed by atoms with E-state index < -0.39 is 24.0 Å². The summed E-state index contributed by atoms with van der Waals surface area (Å²) in [5, 5.41) is 18.8. The van der Waals surface area contributed by atoms with Gasteiger partial charge in [-0.15, -0.1) is 0 Å². The van der Waals surface area contributed by atoms with Gasteiger partial charge in [-0.05, 0) is 37.5 Å². The molecular weight excluding hydrogens is 272 g/mol. The molecule has 0 aromatic rings. The molecule has 0 fully saturated rings. The molecule has 0 amide bonds. The molecule has 3 unspecified atom stereocenters. The minimum atomic E-state index is -1.66. The number of rotatable bonds is 10. The van der Waals surface area contributed by atoms with E-state index in [4.69, 9.17) is 9.84 Å². The largest absolute Gasteiger partial charge is 0.481 e. The Morgan fingerprint density at radius 1 is 0.952 bits per heavy atom. The van der Waals surface area contributed by atoms with Crippen LogP contribution < -0.4 is 0 Å². The van der Waals surface area contributed by atoms with Crippen LogP contribution in [0.5, 0.6) is 0 Å². The molecule has 0 aromatic carbocycles. The normalized spacial score (nSPS) is 17.5. The van der Waals surface area contributed by atoms with Crippen LogP contribution in [0.25, 0.3) is 0 Å². The molecule has 0 saturated heterocycles. The van der Waals surface area contributed by atoms with E-state index in [2.05, 4.69) is 0 Å². The molecule has 0 rings (SSSR count). The number of carboxylic acids is 2. The van der Waals surface area contributed by atoms with Crippen molar-refractivity contribution >= 4 is 11.9 Å². The van der Waals surface area contributed by atoms with Crippen LogP contribution in [0, 0.1) is 17.8 Å². The van der Waals surface area contributed by atoms with Crippen molar-refractivity contribution < 1.29 is 24.5 Å². The van der Waals surface area contributed by atoms with Gasteiger partial charge in [0.1, 0.15) is 0 Å². The van der Waals surface area contributed by atoms with Gasteiger partial charge >= 0.3 is 11.9 Å². The van der Waals surface area contributed by atoms with Crippen LogP contribution in [0.1, 0.15) is 60.8 Å². The molecule has 2 N–H and O–H groups in total. The fourth-order valence-corrected chi connectivity index (χ4v) is 2.86. The van der Waals surface area contributed by atoms with Crippen molar-refractivity contribution in [2.45, 2.75) is 72.5 Å². The molecular formula is C16H30O5. The van der Waals surface area contributed by atoms with E-state index in [1.54, 1.807) is 6.92 Å². The summed E-state index contributed by atoms with van der Waals surface area (Å²) in [6, 6.07) is 0. The van der Waals surface area contributed by atoms with Crippen molar-refractivity contribution in [2.75, 3.05) is 0 Å². The summed E-state index contributed by atoms with van der Waals surface area (Å²) < 4.78 is 5.80.